The monoisotopic (exact) mass is 529 g/mol. The summed E-state index contributed by atoms with van der Waals surface area (Å²) in [6.45, 7) is 0. The van der Waals surface area contributed by atoms with Gasteiger partial charge in [0.05, 0.1) is 0 Å². The molecule has 0 amide bonds. The normalized spacial score (nSPS) is 12.2. The Hall–Kier alpha value is 0.806. The zero-order chi connectivity index (χ0) is 15.4. The van der Waals surface area contributed by atoms with Crippen LogP contribution in [0.4, 0.5) is 0 Å². The van der Waals surface area contributed by atoms with Gasteiger partial charge in [-0.15, -0.1) is 0 Å². The van der Waals surface area contributed by atoms with Crippen LogP contribution in [0.3, 0.4) is 0 Å². The van der Waals surface area contributed by atoms with Crippen LogP contribution in [-0.2, 0) is 48.9 Å². The first kappa shape index (κ1) is 28.9. The van der Waals surface area contributed by atoms with Crippen LogP contribution in [0.5, 0.6) is 0 Å². The molecule has 20 heteroatoms. The van der Waals surface area contributed by atoms with Crippen LogP contribution in [-0.4, -0.2) is 51.9 Å². The average Bonchev–Trinajstić information content (AvgIpc) is 1.64. The molecule has 0 spiro atoms. The van der Waals surface area contributed by atoms with Gasteiger partial charge in [0.15, 0.2) is 0 Å². The van der Waals surface area contributed by atoms with Crippen LogP contribution in [0.1, 0.15) is 0 Å². The molecule has 0 radical (unpaired) electrons. The van der Waals surface area contributed by atoms with Crippen molar-refractivity contribution in [3.05, 3.63) is 0 Å². The zero-order valence-corrected chi connectivity index (χ0v) is 14.1. The quantitative estimate of drug-likeness (QED) is 0.270. The first-order valence-electron chi connectivity index (χ1n) is 2.67. The number of hydrogen-bond donors (Lipinski definition) is 1. The minimum Gasteiger partial charge on any atom is -0.725 e. The summed E-state index contributed by atoms with van der Waals surface area (Å²) in [6, 6.07) is 0. The van der Waals surface area contributed by atoms with Gasteiger partial charge >= 0.3 is 38.6 Å². The molecule has 126 valence electrons. The van der Waals surface area contributed by atoms with Crippen molar-refractivity contribution >= 4 is 41.6 Å². The standard InChI is InChI=1S/H3N.2H2O7S2.Tb/c;2*1-8(2,3)7-9(4,5)6;/h1H3;2*(H,1,2,3)(H,4,5,6);/q;;;+3/p-3. The van der Waals surface area contributed by atoms with E-state index in [4.69, 9.17) is 0 Å². The van der Waals surface area contributed by atoms with E-state index in [0.717, 1.165) is 0 Å². The van der Waals surface area contributed by atoms with E-state index in [1.807, 2.05) is 0 Å². The Morgan fingerprint density at radius 1 is 0.500 bits per heavy atom. The second-order valence-electron chi connectivity index (χ2n) is 1.77. The molecule has 0 fully saturated rings. The minimum atomic E-state index is -5.43. The molecule has 0 aromatic carbocycles. The van der Waals surface area contributed by atoms with E-state index >= 15 is 0 Å². The Balaban J connectivity index is -0.000000116. The third-order valence-electron chi connectivity index (χ3n) is 0.333. The van der Waals surface area contributed by atoms with Crippen molar-refractivity contribution in [1.29, 1.82) is 0 Å². The Morgan fingerprint density at radius 3 is 0.600 bits per heavy atom. The van der Waals surface area contributed by atoms with Gasteiger partial charge in [-0.2, -0.15) is 7.26 Å². The van der Waals surface area contributed by atoms with E-state index in [-0.39, 0.29) is 44.8 Å². The first-order valence-corrected chi connectivity index (χ1v) is 8.00. The first-order chi connectivity index (χ1) is 7.41. The van der Waals surface area contributed by atoms with Crippen molar-refractivity contribution in [2.24, 2.45) is 0 Å². The van der Waals surface area contributed by atoms with Gasteiger partial charge in [0.2, 0.25) is 41.6 Å². The summed E-state index contributed by atoms with van der Waals surface area (Å²) in [5.74, 6) is 0. The predicted molar refractivity (Wildman–Crippen MR) is 46.9 cm³/mol. The summed E-state index contributed by atoms with van der Waals surface area (Å²) < 4.78 is 116. The molecular weight excluding hydrogens is 525 g/mol. The predicted octanol–water partition coefficient (Wildman–Crippen LogP) is -3.78. The molecule has 20 heavy (non-hydrogen) atoms. The van der Waals surface area contributed by atoms with Crippen LogP contribution >= 0.6 is 0 Å². The molecule has 0 rings (SSSR count). The third-order valence-corrected chi connectivity index (χ3v) is 3.00. The molecule has 0 aromatic heterocycles. The summed E-state index contributed by atoms with van der Waals surface area (Å²) in [6.07, 6.45) is 0. The molecule has 0 saturated carbocycles. The number of rotatable bonds is 4. The molecule has 0 aliphatic heterocycles. The third kappa shape index (κ3) is 36.4. The Kier molecular flexibility index (Phi) is 14.1. The van der Waals surface area contributed by atoms with Gasteiger partial charge < -0.3 is 24.4 Å². The molecule has 0 aliphatic rings. The van der Waals surface area contributed by atoms with Gasteiger partial charge in [-0.1, -0.05) is 0 Å². The Labute approximate surface area is 144 Å². The van der Waals surface area contributed by atoms with Crippen molar-refractivity contribution in [1.82, 2.24) is 6.15 Å². The van der Waals surface area contributed by atoms with Gasteiger partial charge in [-0.05, 0) is 0 Å². The summed E-state index contributed by atoms with van der Waals surface area (Å²) in [4.78, 5) is 0. The fraction of sp³-hybridized carbons (Fsp3) is 0. The number of quaternary nitrogens is 1. The van der Waals surface area contributed by atoms with Crippen molar-refractivity contribution < 1.29 is 97.8 Å². The van der Waals surface area contributed by atoms with E-state index in [1.165, 1.54) is 0 Å². The maximum absolute atomic E-state index is 9.29. The van der Waals surface area contributed by atoms with Crippen LogP contribution in [0.15, 0.2) is 0 Å². The van der Waals surface area contributed by atoms with E-state index in [1.54, 1.807) is 0 Å². The van der Waals surface area contributed by atoms with Gasteiger partial charge in [0.1, 0.15) is 0 Å². The smallest absolute Gasteiger partial charge is 0.725 e. The van der Waals surface area contributed by atoms with Crippen molar-refractivity contribution in [2.45, 2.75) is 0 Å². The van der Waals surface area contributed by atoms with Gasteiger partial charge in [-0.3, -0.25) is 0 Å². The molecule has 0 aromatic rings. The second-order valence-corrected chi connectivity index (χ2v) is 6.12. The molecule has 0 heterocycles. The fourth-order valence-electron chi connectivity index (χ4n) is 0.204. The van der Waals surface area contributed by atoms with Gasteiger partial charge in [0.25, 0.3) is 0 Å². The molecule has 0 unspecified atom stereocenters. The molecule has 0 aliphatic carbocycles. The molecular formula is H4NO14S4Tb. The Morgan fingerprint density at radius 2 is 0.600 bits per heavy atom. The van der Waals surface area contributed by atoms with Crippen LogP contribution in [0, 0.1) is 38.6 Å². The summed E-state index contributed by atoms with van der Waals surface area (Å²) >= 11 is 0. The van der Waals surface area contributed by atoms with E-state index in [2.05, 4.69) is 7.26 Å². The van der Waals surface area contributed by atoms with Crippen molar-refractivity contribution in [3.8, 4) is 0 Å². The summed E-state index contributed by atoms with van der Waals surface area (Å²) in [5.41, 5.74) is 0. The SMILES string of the molecule is O=S(=O)([O-])OS(=O)(=O)[O-].O=S(=O)([O-])OS(=O)(=O)[O-].[NH4+].[Tb+3]. The van der Waals surface area contributed by atoms with E-state index < -0.39 is 41.6 Å². The van der Waals surface area contributed by atoms with Crippen LogP contribution < -0.4 is 6.15 Å². The molecule has 0 bridgehead atoms. The van der Waals surface area contributed by atoms with Crippen molar-refractivity contribution in [2.75, 3.05) is 0 Å². The second kappa shape index (κ2) is 9.75. The zero-order valence-electron chi connectivity index (χ0n) is 8.68. The molecule has 0 saturated heterocycles. The van der Waals surface area contributed by atoms with E-state index in [9.17, 15) is 51.9 Å². The minimum absolute atomic E-state index is 0. The van der Waals surface area contributed by atoms with Crippen LogP contribution in [0.25, 0.3) is 0 Å². The molecule has 4 N–H and O–H groups in total. The van der Waals surface area contributed by atoms with E-state index in [0.29, 0.717) is 0 Å². The maximum atomic E-state index is 9.29. The topological polar surface area (TPSA) is 284 Å². The molecule has 15 nitrogen and oxygen atoms in total. The van der Waals surface area contributed by atoms with Crippen molar-refractivity contribution in [3.63, 3.8) is 0 Å². The Bertz CT molecular complexity index is 537. The maximum Gasteiger partial charge on any atom is 3.00 e. The fourth-order valence-corrected chi connectivity index (χ4v) is 1.84. The summed E-state index contributed by atoms with van der Waals surface area (Å²) in [7, 11) is -21.7. The van der Waals surface area contributed by atoms with Gasteiger partial charge in [-0.25, -0.2) is 33.7 Å². The largest absolute Gasteiger partial charge is 3.00 e. The number of hydrogen-bond acceptors (Lipinski definition) is 14. The van der Waals surface area contributed by atoms with Crippen LogP contribution in [0.2, 0.25) is 0 Å². The molecule has 0 atom stereocenters. The average molecular weight is 529 g/mol. The summed E-state index contributed by atoms with van der Waals surface area (Å²) in [5, 5.41) is 0. The van der Waals surface area contributed by atoms with Gasteiger partial charge in [0, 0.05) is 0 Å².